The van der Waals surface area contributed by atoms with E-state index in [0.29, 0.717) is 23.6 Å². The van der Waals surface area contributed by atoms with Gasteiger partial charge >= 0.3 is 0 Å². The van der Waals surface area contributed by atoms with Crippen molar-refractivity contribution in [1.29, 1.82) is 0 Å². The van der Waals surface area contributed by atoms with Gasteiger partial charge in [-0.1, -0.05) is 42.1 Å². The van der Waals surface area contributed by atoms with Gasteiger partial charge in [0.25, 0.3) is 0 Å². The van der Waals surface area contributed by atoms with Crippen LogP contribution in [0.15, 0.2) is 59.8 Å². The third-order valence-corrected chi connectivity index (χ3v) is 5.77. The molecule has 2 aromatic carbocycles. The average Bonchev–Trinajstić information content (AvgIpc) is 3.54. The molecular weight excluding hydrogens is 386 g/mol. The summed E-state index contributed by atoms with van der Waals surface area (Å²) in [6.07, 6.45) is 2.13. The number of carbonyl (C=O) groups is 1. The third-order valence-electron chi connectivity index (χ3n) is 4.84. The summed E-state index contributed by atoms with van der Waals surface area (Å²) < 4.78 is 6.60. The minimum atomic E-state index is 0.0929. The van der Waals surface area contributed by atoms with Crippen LogP contribution in [0.2, 0.25) is 0 Å². The van der Waals surface area contributed by atoms with Crippen molar-refractivity contribution in [2.24, 2.45) is 0 Å². The molecule has 3 aromatic rings. The second kappa shape index (κ2) is 8.57. The smallest absolute Gasteiger partial charge is 0.233 e. The van der Waals surface area contributed by atoms with Crippen LogP contribution < -0.4 is 10.6 Å². The molecule has 8 heteroatoms. The van der Waals surface area contributed by atoms with E-state index in [4.69, 9.17) is 10.6 Å². The molecule has 0 bridgehead atoms. The Labute approximate surface area is 173 Å². The lowest BCUT2D eigenvalue weighted by Gasteiger charge is -2.22. The van der Waals surface area contributed by atoms with Crippen molar-refractivity contribution in [2.75, 3.05) is 18.7 Å². The lowest BCUT2D eigenvalue weighted by Crippen LogP contribution is -2.34. The molecule has 0 aliphatic heterocycles. The van der Waals surface area contributed by atoms with Gasteiger partial charge in [-0.2, -0.15) is 0 Å². The molecule has 2 N–H and O–H groups in total. The lowest BCUT2D eigenvalue weighted by atomic mass is 10.2. The Balaban J connectivity index is 1.41. The van der Waals surface area contributed by atoms with E-state index in [9.17, 15) is 4.79 Å². The number of nitrogen functional groups attached to an aromatic ring is 1. The molecule has 1 aliphatic rings. The van der Waals surface area contributed by atoms with E-state index in [1.54, 1.807) is 7.11 Å². The van der Waals surface area contributed by atoms with Crippen molar-refractivity contribution in [3.05, 3.63) is 60.2 Å². The maximum absolute atomic E-state index is 12.9. The molecular formula is C21H23N5O2S. The molecule has 29 heavy (non-hydrogen) atoms. The van der Waals surface area contributed by atoms with Crippen LogP contribution >= 0.6 is 11.8 Å². The SMILES string of the molecule is COc1ccc(-c2nnc(SCC(=O)N(Cc3ccccc3)C3CC3)n2N)cc1. The summed E-state index contributed by atoms with van der Waals surface area (Å²) in [5, 5.41) is 8.85. The number of benzene rings is 2. The number of amides is 1. The molecule has 1 saturated carbocycles. The molecule has 0 atom stereocenters. The number of rotatable bonds is 8. The Bertz CT molecular complexity index is 970. The topological polar surface area (TPSA) is 86.3 Å². The minimum absolute atomic E-state index is 0.0929. The van der Waals surface area contributed by atoms with Crippen molar-refractivity contribution in [2.45, 2.75) is 30.6 Å². The zero-order valence-corrected chi connectivity index (χ0v) is 17.0. The van der Waals surface area contributed by atoms with Gasteiger partial charge in [0.15, 0.2) is 5.82 Å². The minimum Gasteiger partial charge on any atom is -0.497 e. The zero-order chi connectivity index (χ0) is 20.2. The van der Waals surface area contributed by atoms with Gasteiger partial charge in [0.1, 0.15) is 5.75 Å². The molecule has 1 aliphatic carbocycles. The van der Waals surface area contributed by atoms with Gasteiger partial charge in [0.05, 0.1) is 12.9 Å². The van der Waals surface area contributed by atoms with Crippen LogP contribution in [-0.2, 0) is 11.3 Å². The number of methoxy groups -OCH3 is 1. The predicted octanol–water partition coefficient (Wildman–Crippen LogP) is 2.95. The Morgan fingerprint density at radius 1 is 1.17 bits per heavy atom. The third kappa shape index (κ3) is 4.54. The first kappa shape index (κ1) is 19.3. The summed E-state index contributed by atoms with van der Waals surface area (Å²) in [5.74, 6) is 7.86. The van der Waals surface area contributed by atoms with Crippen molar-refractivity contribution >= 4 is 17.7 Å². The highest BCUT2D eigenvalue weighted by Gasteiger charge is 2.32. The molecule has 7 nitrogen and oxygen atoms in total. The quantitative estimate of drug-likeness (QED) is 0.455. The molecule has 0 radical (unpaired) electrons. The predicted molar refractivity (Wildman–Crippen MR) is 113 cm³/mol. The lowest BCUT2D eigenvalue weighted by molar-refractivity contribution is -0.129. The van der Waals surface area contributed by atoms with E-state index < -0.39 is 0 Å². The van der Waals surface area contributed by atoms with Crippen molar-refractivity contribution < 1.29 is 9.53 Å². The van der Waals surface area contributed by atoms with Gasteiger partial charge in [0.2, 0.25) is 11.1 Å². The molecule has 4 rings (SSSR count). The highest BCUT2D eigenvalue weighted by molar-refractivity contribution is 7.99. The normalized spacial score (nSPS) is 13.3. The molecule has 0 saturated heterocycles. The number of hydrogen-bond donors (Lipinski definition) is 1. The molecule has 1 heterocycles. The first-order chi connectivity index (χ1) is 14.2. The van der Waals surface area contributed by atoms with Gasteiger partial charge < -0.3 is 15.5 Å². The van der Waals surface area contributed by atoms with Crippen LogP contribution in [0.5, 0.6) is 5.75 Å². The molecule has 150 valence electrons. The zero-order valence-electron chi connectivity index (χ0n) is 16.2. The number of aromatic nitrogens is 3. The molecule has 1 aromatic heterocycles. The van der Waals surface area contributed by atoms with E-state index in [1.165, 1.54) is 16.4 Å². The fraction of sp³-hybridized carbons (Fsp3) is 0.286. The Kier molecular flexibility index (Phi) is 5.71. The van der Waals surface area contributed by atoms with Crippen LogP contribution in [0.25, 0.3) is 11.4 Å². The maximum Gasteiger partial charge on any atom is 0.233 e. The van der Waals surface area contributed by atoms with Gasteiger partial charge in [0, 0.05) is 18.2 Å². The Hall–Kier alpha value is -3.00. The maximum atomic E-state index is 12.9. The molecule has 1 amide bonds. The van der Waals surface area contributed by atoms with Crippen LogP contribution in [-0.4, -0.2) is 44.6 Å². The number of hydrogen-bond acceptors (Lipinski definition) is 6. The number of nitrogens with two attached hydrogens (primary N) is 1. The average molecular weight is 410 g/mol. The molecule has 0 unspecified atom stereocenters. The summed E-state index contributed by atoms with van der Waals surface area (Å²) in [7, 11) is 1.62. The van der Waals surface area contributed by atoms with Crippen molar-refractivity contribution in [3.8, 4) is 17.1 Å². The van der Waals surface area contributed by atoms with E-state index in [-0.39, 0.29) is 11.7 Å². The van der Waals surface area contributed by atoms with Crippen molar-refractivity contribution in [1.82, 2.24) is 19.8 Å². The van der Waals surface area contributed by atoms with Crippen LogP contribution in [0, 0.1) is 0 Å². The van der Waals surface area contributed by atoms with Gasteiger partial charge in [-0.25, -0.2) is 4.68 Å². The van der Waals surface area contributed by atoms with Gasteiger partial charge in [-0.15, -0.1) is 10.2 Å². The highest BCUT2D eigenvalue weighted by Crippen LogP contribution is 2.30. The fourth-order valence-electron chi connectivity index (χ4n) is 3.11. The van der Waals surface area contributed by atoms with Crippen LogP contribution in [0.4, 0.5) is 0 Å². The number of carbonyl (C=O) groups excluding carboxylic acids is 1. The van der Waals surface area contributed by atoms with E-state index in [0.717, 1.165) is 29.7 Å². The monoisotopic (exact) mass is 409 g/mol. The first-order valence-corrected chi connectivity index (χ1v) is 10.5. The first-order valence-electron chi connectivity index (χ1n) is 9.47. The van der Waals surface area contributed by atoms with Gasteiger partial charge in [-0.05, 0) is 42.7 Å². The van der Waals surface area contributed by atoms with Crippen LogP contribution in [0.3, 0.4) is 0 Å². The second-order valence-corrected chi connectivity index (χ2v) is 7.87. The van der Waals surface area contributed by atoms with Crippen LogP contribution in [0.1, 0.15) is 18.4 Å². The second-order valence-electron chi connectivity index (χ2n) is 6.93. The van der Waals surface area contributed by atoms with Crippen molar-refractivity contribution in [3.63, 3.8) is 0 Å². The summed E-state index contributed by atoms with van der Waals surface area (Å²) in [5.41, 5.74) is 1.98. The number of nitrogens with zero attached hydrogens (tertiary/aromatic N) is 4. The Morgan fingerprint density at radius 2 is 1.90 bits per heavy atom. The highest BCUT2D eigenvalue weighted by atomic mass is 32.2. The van der Waals surface area contributed by atoms with E-state index in [1.807, 2.05) is 59.5 Å². The number of thioether (sulfide) groups is 1. The van der Waals surface area contributed by atoms with E-state index >= 15 is 0 Å². The fourth-order valence-corrected chi connectivity index (χ4v) is 3.85. The summed E-state index contributed by atoms with van der Waals surface area (Å²) in [4.78, 5) is 14.8. The Morgan fingerprint density at radius 3 is 2.55 bits per heavy atom. The largest absolute Gasteiger partial charge is 0.497 e. The van der Waals surface area contributed by atoms with E-state index in [2.05, 4.69) is 10.2 Å². The standard InChI is InChI=1S/C21H23N5O2S/c1-28-18-11-7-16(8-12-18)20-23-24-21(26(20)22)29-14-19(27)25(17-9-10-17)13-15-5-3-2-4-6-15/h2-8,11-12,17H,9-10,13-14,22H2,1H3. The number of ether oxygens (including phenoxy) is 1. The molecule has 0 spiro atoms. The summed E-state index contributed by atoms with van der Waals surface area (Å²) in [6.45, 7) is 0.636. The summed E-state index contributed by atoms with van der Waals surface area (Å²) in [6, 6.07) is 17.9. The van der Waals surface area contributed by atoms with Gasteiger partial charge in [-0.3, -0.25) is 4.79 Å². The molecule has 1 fully saturated rings. The summed E-state index contributed by atoms with van der Waals surface area (Å²) >= 11 is 1.31.